The molecule has 0 atom stereocenters. The van der Waals surface area contributed by atoms with Gasteiger partial charge in [-0.2, -0.15) is 0 Å². The highest BCUT2D eigenvalue weighted by molar-refractivity contribution is 7.80. The van der Waals surface area contributed by atoms with Crippen LogP contribution in [0.3, 0.4) is 0 Å². The first kappa shape index (κ1) is 17.8. The monoisotopic (exact) mass is 371 g/mol. The van der Waals surface area contributed by atoms with E-state index in [0.29, 0.717) is 17.2 Å². The maximum Gasteiger partial charge on any atom is 0.490 e. The highest BCUT2D eigenvalue weighted by Crippen LogP contribution is 2.28. The van der Waals surface area contributed by atoms with Gasteiger partial charge in [-0.3, -0.25) is 0 Å². The van der Waals surface area contributed by atoms with E-state index in [2.05, 4.69) is 5.32 Å². The molecule has 0 saturated heterocycles. The molecule has 0 saturated carbocycles. The van der Waals surface area contributed by atoms with Crippen LogP contribution in [-0.4, -0.2) is 29.5 Å². The van der Waals surface area contributed by atoms with Crippen molar-refractivity contribution in [1.29, 1.82) is 0 Å². The second kappa shape index (κ2) is 7.85. The summed E-state index contributed by atoms with van der Waals surface area (Å²) < 4.78 is 10.7. The number of ether oxygens (including phenoxy) is 2. The standard InChI is InChI=1S/C14H12BCl2NO4S/c1-21-12-4-2-3-5-13(12)22-14(23)18-11-6-8(15(19)20)9(16)7-10(11)17/h2-7,19-20H,1H3,(H,18,23). The van der Waals surface area contributed by atoms with E-state index in [-0.39, 0.29) is 20.7 Å². The Morgan fingerprint density at radius 1 is 1.13 bits per heavy atom. The highest BCUT2D eigenvalue weighted by atomic mass is 35.5. The van der Waals surface area contributed by atoms with Gasteiger partial charge in [-0.05, 0) is 36.5 Å². The van der Waals surface area contributed by atoms with Crippen molar-refractivity contribution in [2.24, 2.45) is 0 Å². The number of thiocarbonyl (C=S) groups is 1. The lowest BCUT2D eigenvalue weighted by molar-refractivity contribution is 0.392. The minimum absolute atomic E-state index is 0.0112. The van der Waals surface area contributed by atoms with Crippen molar-refractivity contribution in [3.8, 4) is 11.5 Å². The van der Waals surface area contributed by atoms with Crippen molar-refractivity contribution in [2.45, 2.75) is 0 Å². The Morgan fingerprint density at radius 2 is 1.78 bits per heavy atom. The largest absolute Gasteiger partial charge is 0.493 e. The Kier molecular flexibility index (Phi) is 6.09. The maximum atomic E-state index is 9.28. The lowest BCUT2D eigenvalue weighted by Gasteiger charge is -2.14. The first-order chi connectivity index (χ1) is 10.9. The van der Waals surface area contributed by atoms with Gasteiger partial charge < -0.3 is 24.8 Å². The number of hydrogen-bond donors (Lipinski definition) is 3. The van der Waals surface area contributed by atoms with Crippen molar-refractivity contribution in [3.63, 3.8) is 0 Å². The minimum atomic E-state index is -1.73. The van der Waals surface area contributed by atoms with Gasteiger partial charge in [0.1, 0.15) is 0 Å². The third-order valence-corrected chi connectivity index (χ3v) is 3.70. The van der Waals surface area contributed by atoms with Crippen molar-refractivity contribution in [3.05, 3.63) is 46.4 Å². The number of hydrogen-bond acceptors (Lipinski definition) is 5. The van der Waals surface area contributed by atoms with E-state index in [9.17, 15) is 10.0 Å². The molecule has 0 radical (unpaired) electrons. The Morgan fingerprint density at radius 3 is 2.39 bits per heavy atom. The number of methoxy groups -OCH3 is 1. The Labute approximate surface area is 148 Å². The fourth-order valence-corrected chi connectivity index (χ4v) is 2.53. The van der Waals surface area contributed by atoms with E-state index in [1.165, 1.54) is 19.2 Å². The number of anilines is 1. The molecule has 23 heavy (non-hydrogen) atoms. The lowest BCUT2D eigenvalue weighted by atomic mass is 9.80. The van der Waals surface area contributed by atoms with Gasteiger partial charge in [0, 0.05) is 10.5 Å². The molecule has 0 amide bonds. The molecular weight excluding hydrogens is 360 g/mol. The van der Waals surface area contributed by atoms with Crippen molar-refractivity contribution < 1.29 is 19.5 Å². The normalized spacial score (nSPS) is 10.1. The molecule has 2 aromatic carbocycles. The summed E-state index contributed by atoms with van der Waals surface area (Å²) in [4.78, 5) is 0. The molecule has 0 spiro atoms. The molecule has 0 unspecified atom stereocenters. The third kappa shape index (κ3) is 4.49. The maximum absolute atomic E-state index is 9.28. The molecule has 9 heteroatoms. The molecule has 0 fully saturated rings. The topological polar surface area (TPSA) is 71.0 Å². The zero-order valence-electron chi connectivity index (χ0n) is 11.9. The van der Waals surface area contributed by atoms with E-state index < -0.39 is 7.12 Å². The summed E-state index contributed by atoms with van der Waals surface area (Å²) in [6.45, 7) is 0. The van der Waals surface area contributed by atoms with E-state index in [0.717, 1.165) is 0 Å². The molecule has 0 aliphatic carbocycles. The van der Waals surface area contributed by atoms with Gasteiger partial charge in [-0.25, -0.2) is 0 Å². The fraction of sp³-hybridized carbons (Fsp3) is 0.0714. The predicted molar refractivity (Wildman–Crippen MR) is 96.1 cm³/mol. The van der Waals surface area contributed by atoms with Crippen LogP contribution < -0.4 is 20.3 Å². The molecule has 5 nitrogen and oxygen atoms in total. The zero-order chi connectivity index (χ0) is 17.0. The first-order valence-electron chi connectivity index (χ1n) is 6.39. The van der Waals surface area contributed by atoms with Gasteiger partial charge in [0.2, 0.25) is 0 Å². The highest BCUT2D eigenvalue weighted by Gasteiger charge is 2.18. The lowest BCUT2D eigenvalue weighted by Crippen LogP contribution is -2.31. The van der Waals surface area contributed by atoms with Gasteiger partial charge in [0.15, 0.2) is 11.5 Å². The van der Waals surface area contributed by atoms with Gasteiger partial charge in [-0.1, -0.05) is 35.3 Å². The number of rotatable bonds is 4. The van der Waals surface area contributed by atoms with E-state index >= 15 is 0 Å². The van der Waals surface area contributed by atoms with Gasteiger partial charge >= 0.3 is 7.12 Å². The molecular formula is C14H12BCl2NO4S. The van der Waals surface area contributed by atoms with Crippen LogP contribution in [-0.2, 0) is 0 Å². The molecule has 3 N–H and O–H groups in total. The first-order valence-corrected chi connectivity index (χ1v) is 7.55. The molecule has 0 aliphatic rings. The Balaban J connectivity index is 2.19. The number of benzene rings is 2. The SMILES string of the molecule is COc1ccccc1OC(=S)Nc1cc(B(O)O)c(Cl)cc1Cl. The fourth-order valence-electron chi connectivity index (χ4n) is 1.80. The Hall–Kier alpha value is -1.51. The van der Waals surface area contributed by atoms with Crippen LogP contribution >= 0.6 is 35.4 Å². The average Bonchev–Trinajstić information content (AvgIpc) is 2.50. The van der Waals surface area contributed by atoms with Crippen LogP contribution in [0.25, 0.3) is 0 Å². The summed E-state index contributed by atoms with van der Waals surface area (Å²) in [7, 11) is -0.215. The molecule has 0 aliphatic heterocycles. The second-order valence-corrected chi connectivity index (χ2v) is 5.58. The molecule has 2 aromatic rings. The molecule has 2 rings (SSSR count). The van der Waals surface area contributed by atoms with Crippen molar-refractivity contribution >= 4 is 58.9 Å². The van der Waals surface area contributed by atoms with Crippen LogP contribution in [0.4, 0.5) is 5.69 Å². The predicted octanol–water partition coefficient (Wildman–Crippen LogP) is 2.46. The van der Waals surface area contributed by atoms with Crippen LogP contribution in [0.5, 0.6) is 11.5 Å². The smallest absolute Gasteiger partial charge is 0.490 e. The Bertz CT molecular complexity index is 730. The van der Waals surface area contributed by atoms with Gasteiger partial charge in [-0.15, -0.1) is 0 Å². The van der Waals surface area contributed by atoms with E-state index in [4.69, 9.17) is 44.9 Å². The van der Waals surface area contributed by atoms with Crippen molar-refractivity contribution in [1.82, 2.24) is 0 Å². The third-order valence-electron chi connectivity index (χ3n) is 2.87. The van der Waals surface area contributed by atoms with Gasteiger partial charge in [0.25, 0.3) is 5.17 Å². The second-order valence-electron chi connectivity index (χ2n) is 4.39. The number of nitrogens with one attached hydrogen (secondary N) is 1. The summed E-state index contributed by atoms with van der Waals surface area (Å²) >= 11 is 17.1. The number of halogens is 2. The zero-order valence-corrected chi connectivity index (χ0v) is 14.2. The average molecular weight is 372 g/mol. The summed E-state index contributed by atoms with van der Waals surface area (Å²) in [6.07, 6.45) is 0. The minimum Gasteiger partial charge on any atom is -0.493 e. The van der Waals surface area contributed by atoms with Gasteiger partial charge in [0.05, 0.1) is 17.8 Å². The summed E-state index contributed by atoms with van der Waals surface area (Å²) in [5.74, 6) is 0.949. The summed E-state index contributed by atoms with van der Waals surface area (Å²) in [5, 5.41) is 21.7. The van der Waals surface area contributed by atoms with Crippen LogP contribution in [0.15, 0.2) is 36.4 Å². The van der Waals surface area contributed by atoms with Crippen LogP contribution in [0, 0.1) is 0 Å². The van der Waals surface area contributed by atoms with E-state index in [1.54, 1.807) is 24.3 Å². The van der Waals surface area contributed by atoms with Crippen LogP contribution in [0.2, 0.25) is 10.0 Å². The van der Waals surface area contributed by atoms with Crippen LogP contribution in [0.1, 0.15) is 0 Å². The van der Waals surface area contributed by atoms with Crippen molar-refractivity contribution in [2.75, 3.05) is 12.4 Å². The molecule has 0 bridgehead atoms. The summed E-state index contributed by atoms with van der Waals surface area (Å²) in [6, 6.07) is 9.76. The molecule has 120 valence electrons. The quantitative estimate of drug-likeness (QED) is 0.566. The molecule has 0 heterocycles. The number of para-hydroxylation sites is 2. The van der Waals surface area contributed by atoms with E-state index in [1.807, 2.05) is 0 Å². The molecule has 0 aromatic heterocycles. The summed E-state index contributed by atoms with van der Waals surface area (Å²) in [5.41, 5.74) is 0.428.